The third-order valence-electron chi connectivity index (χ3n) is 4.00. The lowest BCUT2D eigenvalue weighted by atomic mass is 10.1. The number of thiophene rings is 1. The SMILES string of the molecule is N=N/N=C(\N)c1ccc2c(c1)nc(Nc1ccc(F)cc1)c1cscc12. The lowest BCUT2D eigenvalue weighted by Gasteiger charge is -2.10. The Morgan fingerprint density at radius 2 is 1.85 bits per heavy atom. The molecule has 0 aliphatic heterocycles. The van der Waals surface area contributed by atoms with E-state index in [9.17, 15) is 4.39 Å². The molecule has 2 aromatic heterocycles. The van der Waals surface area contributed by atoms with Crippen LogP contribution in [-0.2, 0) is 0 Å². The molecule has 0 aliphatic rings. The first-order valence-corrected chi connectivity index (χ1v) is 8.62. The summed E-state index contributed by atoms with van der Waals surface area (Å²) in [4.78, 5) is 4.71. The van der Waals surface area contributed by atoms with E-state index in [0.717, 1.165) is 27.4 Å². The molecule has 0 amide bonds. The van der Waals surface area contributed by atoms with Gasteiger partial charge in [-0.05, 0) is 35.7 Å². The first-order valence-electron chi connectivity index (χ1n) is 7.68. The number of rotatable bonds is 4. The predicted molar refractivity (Wildman–Crippen MR) is 103 cm³/mol. The Morgan fingerprint density at radius 3 is 2.62 bits per heavy atom. The fraction of sp³-hybridized carbons (Fsp3) is 0. The van der Waals surface area contributed by atoms with Crippen LogP contribution in [0.25, 0.3) is 21.7 Å². The molecule has 2 aromatic carbocycles. The molecule has 0 atom stereocenters. The van der Waals surface area contributed by atoms with Crippen LogP contribution < -0.4 is 11.1 Å². The van der Waals surface area contributed by atoms with Crippen LogP contribution in [0, 0.1) is 11.3 Å². The maximum absolute atomic E-state index is 13.1. The standard InChI is InChI=1S/C18H13FN6S/c19-11-2-4-12(5-3-11)22-18-15-9-26-8-14(15)13-6-1-10(7-16(13)23-18)17(20)24-25-21/h1-9H,(H,22,23)(H3,20,21,24). The van der Waals surface area contributed by atoms with Crippen LogP contribution >= 0.6 is 11.3 Å². The average molecular weight is 364 g/mol. The summed E-state index contributed by atoms with van der Waals surface area (Å²) in [6.07, 6.45) is 0. The van der Waals surface area contributed by atoms with Gasteiger partial charge in [-0.3, -0.25) is 0 Å². The highest BCUT2D eigenvalue weighted by molar-refractivity contribution is 7.09. The van der Waals surface area contributed by atoms with Crippen molar-refractivity contribution in [1.82, 2.24) is 4.98 Å². The minimum atomic E-state index is -0.290. The molecule has 4 N–H and O–H groups in total. The molecule has 8 heteroatoms. The Bertz CT molecular complexity index is 1150. The topological polar surface area (TPSA) is 99.5 Å². The van der Waals surface area contributed by atoms with Gasteiger partial charge in [-0.25, -0.2) is 9.37 Å². The second-order valence-electron chi connectivity index (χ2n) is 5.61. The van der Waals surface area contributed by atoms with Crippen LogP contribution in [-0.4, -0.2) is 10.8 Å². The molecule has 128 valence electrons. The van der Waals surface area contributed by atoms with Gasteiger partial charge in [0.2, 0.25) is 0 Å². The van der Waals surface area contributed by atoms with E-state index >= 15 is 0 Å². The molecule has 0 aliphatic carbocycles. The van der Waals surface area contributed by atoms with Crippen LogP contribution in [0.15, 0.2) is 63.5 Å². The van der Waals surface area contributed by atoms with Crippen molar-refractivity contribution in [1.29, 1.82) is 5.53 Å². The van der Waals surface area contributed by atoms with Gasteiger partial charge in [0.1, 0.15) is 11.6 Å². The van der Waals surface area contributed by atoms with Gasteiger partial charge >= 0.3 is 0 Å². The van der Waals surface area contributed by atoms with Crippen LogP contribution in [0.5, 0.6) is 0 Å². The number of aromatic nitrogens is 1. The zero-order valence-electron chi connectivity index (χ0n) is 13.4. The van der Waals surface area contributed by atoms with Gasteiger partial charge in [0.15, 0.2) is 5.84 Å². The molecule has 0 unspecified atom stereocenters. The predicted octanol–water partition coefficient (Wildman–Crippen LogP) is 4.98. The molecule has 0 fully saturated rings. The van der Waals surface area contributed by atoms with Gasteiger partial charge in [-0.2, -0.15) is 16.9 Å². The second kappa shape index (κ2) is 6.49. The number of hydrogen-bond donors (Lipinski definition) is 3. The quantitative estimate of drug-likeness (QED) is 0.206. The largest absolute Gasteiger partial charge is 0.382 e. The second-order valence-corrected chi connectivity index (χ2v) is 6.35. The zero-order valence-corrected chi connectivity index (χ0v) is 14.2. The number of nitrogens with one attached hydrogen (secondary N) is 2. The Hall–Kier alpha value is -3.39. The number of benzene rings is 2. The highest BCUT2D eigenvalue weighted by atomic mass is 32.1. The van der Waals surface area contributed by atoms with Gasteiger partial charge in [0.25, 0.3) is 0 Å². The number of fused-ring (bicyclic) bond motifs is 3. The first-order chi connectivity index (χ1) is 12.7. The van der Waals surface area contributed by atoms with Gasteiger partial charge in [-0.15, -0.1) is 5.10 Å². The maximum atomic E-state index is 13.1. The molecule has 0 spiro atoms. The third-order valence-corrected chi connectivity index (χ3v) is 4.74. The summed E-state index contributed by atoms with van der Waals surface area (Å²) >= 11 is 1.59. The normalized spacial score (nSPS) is 11.8. The van der Waals surface area contributed by atoms with Crippen LogP contribution in [0.4, 0.5) is 15.9 Å². The van der Waals surface area contributed by atoms with E-state index in [1.807, 2.05) is 23.6 Å². The summed E-state index contributed by atoms with van der Waals surface area (Å²) in [6, 6.07) is 11.7. The lowest BCUT2D eigenvalue weighted by molar-refractivity contribution is 0.628. The van der Waals surface area contributed by atoms with Crippen molar-refractivity contribution in [3.05, 3.63) is 64.6 Å². The number of nitrogens with two attached hydrogens (primary N) is 1. The van der Waals surface area contributed by atoms with Crippen LogP contribution in [0.2, 0.25) is 0 Å². The van der Waals surface area contributed by atoms with Crippen LogP contribution in [0.1, 0.15) is 5.56 Å². The molecule has 0 saturated carbocycles. The van der Waals surface area contributed by atoms with Gasteiger partial charge in [0.05, 0.1) is 5.52 Å². The van der Waals surface area contributed by atoms with E-state index in [0.29, 0.717) is 11.4 Å². The Morgan fingerprint density at radius 1 is 1.08 bits per heavy atom. The van der Waals surface area contributed by atoms with Gasteiger partial charge in [0, 0.05) is 32.8 Å². The Balaban J connectivity index is 1.87. The first kappa shape index (κ1) is 16.1. The van der Waals surface area contributed by atoms with Crippen molar-refractivity contribution in [2.24, 2.45) is 16.1 Å². The van der Waals surface area contributed by atoms with Crippen molar-refractivity contribution < 1.29 is 4.39 Å². The molecular formula is C18H13FN6S. The minimum absolute atomic E-state index is 0.155. The molecule has 4 rings (SSSR count). The number of pyridine rings is 1. The number of nitrogens with zero attached hydrogens (tertiary/aromatic N) is 3. The minimum Gasteiger partial charge on any atom is -0.382 e. The van der Waals surface area contributed by atoms with Crippen molar-refractivity contribution in [3.63, 3.8) is 0 Å². The smallest absolute Gasteiger partial charge is 0.155 e. The third kappa shape index (κ3) is 2.86. The summed E-state index contributed by atoms with van der Waals surface area (Å²) in [5.74, 6) is 0.544. The number of hydrogen-bond acceptors (Lipinski definition) is 5. The molecule has 0 bridgehead atoms. The summed E-state index contributed by atoms with van der Waals surface area (Å²) in [5, 5.41) is 16.9. The Labute approximate surface area is 151 Å². The highest BCUT2D eigenvalue weighted by Gasteiger charge is 2.11. The van der Waals surface area contributed by atoms with Crippen molar-refractivity contribution in [3.8, 4) is 0 Å². The summed E-state index contributed by atoms with van der Waals surface area (Å²) in [7, 11) is 0. The van der Waals surface area contributed by atoms with E-state index < -0.39 is 0 Å². The lowest BCUT2D eigenvalue weighted by Crippen LogP contribution is -2.12. The fourth-order valence-electron chi connectivity index (χ4n) is 2.76. The summed E-state index contributed by atoms with van der Waals surface area (Å²) in [6.45, 7) is 0. The zero-order chi connectivity index (χ0) is 18.1. The number of anilines is 2. The van der Waals surface area contributed by atoms with Crippen molar-refractivity contribution in [2.75, 3.05) is 5.32 Å². The van der Waals surface area contributed by atoms with Crippen molar-refractivity contribution in [2.45, 2.75) is 0 Å². The van der Waals surface area contributed by atoms with Crippen molar-refractivity contribution >= 4 is 50.4 Å². The fourth-order valence-corrected chi connectivity index (χ4v) is 3.59. The molecule has 4 aromatic rings. The number of amidine groups is 1. The maximum Gasteiger partial charge on any atom is 0.155 e. The van der Waals surface area contributed by atoms with E-state index in [1.165, 1.54) is 12.1 Å². The van der Waals surface area contributed by atoms with Gasteiger partial charge < -0.3 is 11.1 Å². The van der Waals surface area contributed by atoms with E-state index in [-0.39, 0.29) is 11.7 Å². The molecule has 2 heterocycles. The molecule has 0 saturated heterocycles. The highest BCUT2D eigenvalue weighted by Crippen LogP contribution is 2.34. The van der Waals surface area contributed by atoms with Crippen LogP contribution in [0.3, 0.4) is 0 Å². The van der Waals surface area contributed by atoms with E-state index in [1.54, 1.807) is 23.5 Å². The molecule has 26 heavy (non-hydrogen) atoms. The Kier molecular flexibility index (Phi) is 4.02. The van der Waals surface area contributed by atoms with Gasteiger partial charge in [-0.1, -0.05) is 17.4 Å². The molecule has 0 radical (unpaired) electrons. The monoisotopic (exact) mass is 364 g/mol. The van der Waals surface area contributed by atoms with E-state index in [4.69, 9.17) is 16.2 Å². The molecular weight excluding hydrogens is 351 g/mol. The molecule has 6 nitrogen and oxygen atoms in total. The average Bonchev–Trinajstić information content (AvgIpc) is 3.14. The summed E-state index contributed by atoms with van der Waals surface area (Å²) in [5.41, 5.74) is 14.8. The van der Waals surface area contributed by atoms with E-state index in [2.05, 4.69) is 21.0 Å². The summed E-state index contributed by atoms with van der Waals surface area (Å²) < 4.78 is 13.1. The number of halogens is 1.